The molecule has 1 aromatic rings. The van der Waals surface area contributed by atoms with Crippen LogP contribution in [0, 0.1) is 0 Å². The Morgan fingerprint density at radius 1 is 1.44 bits per heavy atom. The third-order valence-corrected chi connectivity index (χ3v) is 5.59. The fourth-order valence-corrected chi connectivity index (χ4v) is 4.24. The Morgan fingerprint density at radius 2 is 2.17 bits per heavy atom. The first kappa shape index (κ1) is 13.7. The fourth-order valence-electron chi connectivity index (χ4n) is 2.40. The molecule has 3 nitrogen and oxygen atoms in total. The second-order valence-electron chi connectivity index (χ2n) is 4.79. The summed E-state index contributed by atoms with van der Waals surface area (Å²) in [5.41, 5.74) is 7.00. The third-order valence-electron chi connectivity index (χ3n) is 3.57. The summed E-state index contributed by atoms with van der Waals surface area (Å²) < 4.78 is 17.9. The largest absolute Gasteiger partial charge is 0.377 e. The fraction of sp³-hybridized carbons (Fsp3) is 0.571. The van der Waals surface area contributed by atoms with Crippen LogP contribution in [-0.4, -0.2) is 34.5 Å². The highest BCUT2D eigenvalue weighted by Gasteiger charge is 2.30. The van der Waals surface area contributed by atoms with Crippen molar-refractivity contribution in [2.75, 3.05) is 18.9 Å². The van der Waals surface area contributed by atoms with Gasteiger partial charge in [-0.2, -0.15) is 0 Å². The van der Waals surface area contributed by atoms with Crippen LogP contribution in [0.1, 0.15) is 24.8 Å². The maximum atomic E-state index is 12.4. The number of hydrogen-bond donors (Lipinski definition) is 1. The van der Waals surface area contributed by atoms with Crippen molar-refractivity contribution in [2.45, 2.75) is 30.6 Å². The van der Waals surface area contributed by atoms with Gasteiger partial charge < -0.3 is 10.5 Å². The number of nitrogens with two attached hydrogens (primary N) is 1. The molecular weight excluding hydrogens is 246 g/mol. The first-order chi connectivity index (χ1) is 8.72. The molecule has 1 aliphatic heterocycles. The maximum absolute atomic E-state index is 12.4. The smallest absolute Gasteiger partial charge is 0.0691 e. The van der Waals surface area contributed by atoms with Crippen molar-refractivity contribution in [3.63, 3.8) is 0 Å². The Bertz CT molecular complexity index is 396. The van der Waals surface area contributed by atoms with E-state index in [1.165, 1.54) is 5.56 Å². The van der Waals surface area contributed by atoms with Gasteiger partial charge in [-0.3, -0.25) is 4.21 Å². The molecular formula is C14H21NO2S. The van der Waals surface area contributed by atoms with Crippen molar-refractivity contribution < 1.29 is 8.95 Å². The first-order valence-corrected chi connectivity index (χ1v) is 7.84. The van der Waals surface area contributed by atoms with Gasteiger partial charge in [0.1, 0.15) is 0 Å². The average molecular weight is 267 g/mol. The predicted octanol–water partition coefficient (Wildman–Crippen LogP) is 1.65. The van der Waals surface area contributed by atoms with Crippen molar-refractivity contribution in [1.29, 1.82) is 0 Å². The van der Waals surface area contributed by atoms with Gasteiger partial charge in [0.05, 0.1) is 11.4 Å². The van der Waals surface area contributed by atoms with E-state index in [1.54, 1.807) is 0 Å². The van der Waals surface area contributed by atoms with Crippen LogP contribution in [0.2, 0.25) is 0 Å². The van der Waals surface area contributed by atoms with Crippen LogP contribution in [0.3, 0.4) is 0 Å². The highest BCUT2D eigenvalue weighted by molar-refractivity contribution is 7.85. The molecule has 0 amide bonds. The molecule has 0 aliphatic carbocycles. The second-order valence-corrected chi connectivity index (χ2v) is 6.49. The molecule has 100 valence electrons. The molecule has 1 saturated heterocycles. The molecule has 0 saturated carbocycles. The Kier molecular flexibility index (Phi) is 4.92. The Hall–Kier alpha value is -0.710. The van der Waals surface area contributed by atoms with Gasteiger partial charge in [-0.25, -0.2) is 0 Å². The Labute approximate surface area is 111 Å². The van der Waals surface area contributed by atoms with E-state index in [4.69, 9.17) is 10.5 Å². The summed E-state index contributed by atoms with van der Waals surface area (Å²) in [6.07, 6.45) is 1.01. The third kappa shape index (κ3) is 3.19. The Balaban J connectivity index is 2.00. The van der Waals surface area contributed by atoms with Crippen LogP contribution < -0.4 is 5.73 Å². The molecule has 1 fully saturated rings. The zero-order valence-electron chi connectivity index (χ0n) is 10.7. The molecule has 4 unspecified atom stereocenters. The minimum absolute atomic E-state index is 0.111. The topological polar surface area (TPSA) is 52.3 Å². The van der Waals surface area contributed by atoms with E-state index >= 15 is 0 Å². The van der Waals surface area contributed by atoms with Crippen LogP contribution >= 0.6 is 0 Å². The van der Waals surface area contributed by atoms with Crippen LogP contribution in [0.25, 0.3) is 0 Å². The minimum atomic E-state index is -0.861. The van der Waals surface area contributed by atoms with Crippen molar-refractivity contribution in [3.05, 3.63) is 35.9 Å². The molecule has 1 aromatic carbocycles. The molecule has 4 heteroatoms. The lowest BCUT2D eigenvalue weighted by Crippen LogP contribution is -2.29. The van der Waals surface area contributed by atoms with Gasteiger partial charge >= 0.3 is 0 Å². The van der Waals surface area contributed by atoms with Gasteiger partial charge in [-0.1, -0.05) is 30.3 Å². The van der Waals surface area contributed by atoms with Crippen molar-refractivity contribution in [2.24, 2.45) is 5.73 Å². The van der Waals surface area contributed by atoms with E-state index in [-0.39, 0.29) is 17.3 Å². The van der Waals surface area contributed by atoms with Gasteiger partial charge in [0, 0.05) is 35.6 Å². The summed E-state index contributed by atoms with van der Waals surface area (Å²) in [5.74, 6) is 0.818. The molecule has 2 rings (SSSR count). The Morgan fingerprint density at radius 3 is 2.72 bits per heavy atom. The normalized spacial score (nSPS) is 27.0. The van der Waals surface area contributed by atoms with Crippen LogP contribution in [-0.2, 0) is 15.5 Å². The molecule has 2 N–H and O–H groups in total. The highest BCUT2D eigenvalue weighted by atomic mass is 32.2. The van der Waals surface area contributed by atoms with E-state index in [1.807, 2.05) is 25.1 Å². The van der Waals surface area contributed by atoms with E-state index in [2.05, 4.69) is 12.1 Å². The van der Waals surface area contributed by atoms with Crippen LogP contribution in [0.5, 0.6) is 0 Å². The molecule has 1 heterocycles. The summed E-state index contributed by atoms with van der Waals surface area (Å²) in [6, 6.07) is 10.1. The SMILES string of the molecule is CC1OCCC1S(=O)CC(CN)c1ccccc1. The minimum Gasteiger partial charge on any atom is -0.377 e. The van der Waals surface area contributed by atoms with Gasteiger partial charge in [-0.05, 0) is 18.9 Å². The zero-order chi connectivity index (χ0) is 13.0. The number of rotatable bonds is 5. The number of ether oxygens (including phenoxy) is 1. The summed E-state index contributed by atoms with van der Waals surface area (Å²) in [5, 5.41) is 0.169. The molecule has 0 aromatic heterocycles. The molecule has 18 heavy (non-hydrogen) atoms. The lowest BCUT2D eigenvalue weighted by Gasteiger charge is -2.19. The van der Waals surface area contributed by atoms with Crippen molar-refractivity contribution in [1.82, 2.24) is 0 Å². The zero-order valence-corrected chi connectivity index (χ0v) is 11.6. The summed E-state index contributed by atoms with van der Waals surface area (Å²) in [4.78, 5) is 0. The first-order valence-electron chi connectivity index (χ1n) is 6.46. The van der Waals surface area contributed by atoms with Gasteiger partial charge in [-0.15, -0.1) is 0 Å². The van der Waals surface area contributed by atoms with Crippen molar-refractivity contribution >= 4 is 10.8 Å². The molecule has 0 bridgehead atoms. The lowest BCUT2D eigenvalue weighted by molar-refractivity contribution is 0.127. The quantitative estimate of drug-likeness (QED) is 0.882. The van der Waals surface area contributed by atoms with E-state index in [0.717, 1.165) is 13.0 Å². The predicted molar refractivity (Wildman–Crippen MR) is 75.1 cm³/mol. The number of benzene rings is 1. The second kappa shape index (κ2) is 6.45. The summed E-state index contributed by atoms with van der Waals surface area (Å²) >= 11 is 0. The molecule has 0 spiro atoms. The van der Waals surface area contributed by atoms with E-state index < -0.39 is 10.8 Å². The monoisotopic (exact) mass is 267 g/mol. The maximum Gasteiger partial charge on any atom is 0.0691 e. The van der Waals surface area contributed by atoms with Crippen LogP contribution in [0.4, 0.5) is 0 Å². The highest BCUT2D eigenvalue weighted by Crippen LogP contribution is 2.23. The molecule has 0 radical (unpaired) electrons. The summed E-state index contributed by atoms with van der Waals surface area (Å²) in [7, 11) is -0.861. The van der Waals surface area contributed by atoms with Crippen LogP contribution in [0.15, 0.2) is 30.3 Å². The van der Waals surface area contributed by atoms with E-state index in [0.29, 0.717) is 12.3 Å². The molecule has 4 atom stereocenters. The number of hydrogen-bond acceptors (Lipinski definition) is 3. The van der Waals surface area contributed by atoms with E-state index in [9.17, 15) is 4.21 Å². The van der Waals surface area contributed by atoms with Gasteiger partial charge in [0.15, 0.2) is 0 Å². The van der Waals surface area contributed by atoms with Gasteiger partial charge in [0.25, 0.3) is 0 Å². The van der Waals surface area contributed by atoms with Gasteiger partial charge in [0.2, 0.25) is 0 Å². The van der Waals surface area contributed by atoms with Crippen molar-refractivity contribution in [3.8, 4) is 0 Å². The average Bonchev–Trinajstić information content (AvgIpc) is 2.83. The standard InChI is InChI=1S/C14H21NO2S/c1-11-14(7-8-17-11)18(16)10-13(9-15)12-5-3-2-4-6-12/h2-6,11,13-14H,7-10,15H2,1H3. The lowest BCUT2D eigenvalue weighted by atomic mass is 10.0. The molecule has 1 aliphatic rings. The summed E-state index contributed by atoms with van der Waals surface area (Å²) in [6.45, 7) is 3.28.